The maximum absolute atomic E-state index is 6.36. The molecule has 0 heterocycles. The molecule has 2 nitrogen and oxygen atoms in total. The molecule has 2 atom stereocenters. The van der Waals surface area contributed by atoms with Crippen molar-refractivity contribution in [2.24, 2.45) is 5.92 Å². The molecule has 144 valence electrons. The van der Waals surface area contributed by atoms with Crippen LogP contribution in [0.4, 0.5) is 0 Å². The second-order valence-corrected chi connectivity index (χ2v) is 7.21. The third-order valence-corrected chi connectivity index (χ3v) is 4.97. The monoisotopic (exact) mass is 348 g/mol. The van der Waals surface area contributed by atoms with Crippen molar-refractivity contribution < 1.29 is 9.47 Å². The van der Waals surface area contributed by atoms with Crippen molar-refractivity contribution in [2.75, 3.05) is 13.2 Å². The zero-order chi connectivity index (χ0) is 18.4. The van der Waals surface area contributed by atoms with Crippen molar-refractivity contribution in [3.8, 4) is 0 Å². The van der Waals surface area contributed by atoms with Gasteiger partial charge >= 0.3 is 0 Å². The fourth-order valence-corrected chi connectivity index (χ4v) is 3.45. The molecule has 0 bridgehead atoms. The highest BCUT2D eigenvalue weighted by atomic mass is 16.7. The molecule has 0 aromatic heterocycles. The topological polar surface area (TPSA) is 18.5 Å². The highest BCUT2D eigenvalue weighted by Crippen LogP contribution is 2.32. The van der Waals surface area contributed by atoms with Gasteiger partial charge in [0.1, 0.15) is 0 Å². The van der Waals surface area contributed by atoms with E-state index in [0.29, 0.717) is 12.5 Å². The van der Waals surface area contributed by atoms with Gasteiger partial charge in [0.2, 0.25) is 0 Å². The van der Waals surface area contributed by atoms with E-state index in [1.54, 1.807) is 0 Å². The Kier molecular flexibility index (Phi) is 11.9. The van der Waals surface area contributed by atoms with Crippen molar-refractivity contribution >= 4 is 0 Å². The smallest absolute Gasteiger partial charge is 0.174 e. The molecule has 0 fully saturated rings. The first-order valence-electron chi connectivity index (χ1n) is 10.5. The maximum atomic E-state index is 6.36. The van der Waals surface area contributed by atoms with E-state index in [4.69, 9.17) is 9.47 Å². The zero-order valence-electron chi connectivity index (χ0n) is 17.1. The van der Waals surface area contributed by atoms with E-state index in [1.807, 2.05) is 0 Å². The van der Waals surface area contributed by atoms with Gasteiger partial charge in [0.15, 0.2) is 5.79 Å². The SMILES string of the molecule is CCCCCCCCC(C)C(Cc1ccccc1)(OCC)OCCC. The van der Waals surface area contributed by atoms with E-state index in [1.165, 1.54) is 50.5 Å². The van der Waals surface area contributed by atoms with Crippen LogP contribution < -0.4 is 0 Å². The Hall–Kier alpha value is -0.860. The van der Waals surface area contributed by atoms with Crippen LogP contribution in [0.25, 0.3) is 0 Å². The van der Waals surface area contributed by atoms with Crippen molar-refractivity contribution in [3.63, 3.8) is 0 Å². The van der Waals surface area contributed by atoms with Gasteiger partial charge in [0.05, 0.1) is 0 Å². The number of hydrogen-bond acceptors (Lipinski definition) is 2. The van der Waals surface area contributed by atoms with Crippen LogP contribution >= 0.6 is 0 Å². The molecule has 1 rings (SSSR count). The predicted molar refractivity (Wildman–Crippen MR) is 108 cm³/mol. The summed E-state index contributed by atoms with van der Waals surface area (Å²) in [6.45, 7) is 10.3. The zero-order valence-corrected chi connectivity index (χ0v) is 17.1. The summed E-state index contributed by atoms with van der Waals surface area (Å²) in [6.07, 6.45) is 11.0. The molecule has 0 saturated carbocycles. The Bertz CT molecular complexity index is 417. The molecule has 25 heavy (non-hydrogen) atoms. The van der Waals surface area contributed by atoms with Gasteiger partial charge in [-0.3, -0.25) is 0 Å². The number of ether oxygens (including phenoxy) is 2. The van der Waals surface area contributed by atoms with Crippen LogP contribution in [0.3, 0.4) is 0 Å². The quantitative estimate of drug-likeness (QED) is 0.257. The summed E-state index contributed by atoms with van der Waals surface area (Å²) < 4.78 is 12.6. The molecule has 0 aliphatic carbocycles. The van der Waals surface area contributed by atoms with E-state index in [0.717, 1.165) is 19.4 Å². The van der Waals surface area contributed by atoms with E-state index in [9.17, 15) is 0 Å². The van der Waals surface area contributed by atoms with Crippen molar-refractivity contribution in [1.29, 1.82) is 0 Å². The van der Waals surface area contributed by atoms with Crippen LogP contribution in [-0.4, -0.2) is 19.0 Å². The van der Waals surface area contributed by atoms with Crippen LogP contribution in [0.5, 0.6) is 0 Å². The summed E-state index contributed by atoms with van der Waals surface area (Å²) in [5, 5.41) is 0. The van der Waals surface area contributed by atoms with Gasteiger partial charge in [-0.1, -0.05) is 89.6 Å². The Morgan fingerprint density at radius 2 is 1.52 bits per heavy atom. The molecule has 0 radical (unpaired) electrons. The van der Waals surface area contributed by atoms with E-state index < -0.39 is 5.79 Å². The van der Waals surface area contributed by atoms with Gasteiger partial charge in [-0.15, -0.1) is 0 Å². The van der Waals surface area contributed by atoms with Crippen molar-refractivity contribution in [3.05, 3.63) is 35.9 Å². The van der Waals surface area contributed by atoms with Crippen LogP contribution in [0, 0.1) is 5.92 Å². The first-order valence-corrected chi connectivity index (χ1v) is 10.5. The van der Waals surface area contributed by atoms with E-state index in [2.05, 4.69) is 58.0 Å². The second-order valence-electron chi connectivity index (χ2n) is 7.21. The number of unbranched alkanes of at least 4 members (excludes halogenated alkanes) is 5. The van der Waals surface area contributed by atoms with Gasteiger partial charge in [-0.25, -0.2) is 0 Å². The van der Waals surface area contributed by atoms with Gasteiger partial charge in [0, 0.05) is 25.6 Å². The molecule has 2 unspecified atom stereocenters. The number of hydrogen-bond donors (Lipinski definition) is 0. The van der Waals surface area contributed by atoms with Gasteiger partial charge in [0.25, 0.3) is 0 Å². The molecule has 0 N–H and O–H groups in total. The number of benzene rings is 1. The van der Waals surface area contributed by atoms with Gasteiger partial charge < -0.3 is 9.47 Å². The Balaban J connectivity index is 2.69. The lowest BCUT2D eigenvalue weighted by Crippen LogP contribution is -2.45. The molecule has 1 aromatic carbocycles. The van der Waals surface area contributed by atoms with Crippen LogP contribution in [0.1, 0.15) is 84.6 Å². The van der Waals surface area contributed by atoms with E-state index in [-0.39, 0.29) is 0 Å². The predicted octanol–water partition coefficient (Wildman–Crippen LogP) is 6.78. The van der Waals surface area contributed by atoms with Crippen LogP contribution in [0.15, 0.2) is 30.3 Å². The molecule has 0 saturated heterocycles. The van der Waals surface area contributed by atoms with Crippen LogP contribution in [0.2, 0.25) is 0 Å². The largest absolute Gasteiger partial charge is 0.350 e. The number of rotatable bonds is 15. The fourth-order valence-electron chi connectivity index (χ4n) is 3.45. The first kappa shape index (κ1) is 22.2. The second kappa shape index (κ2) is 13.4. The van der Waals surface area contributed by atoms with Gasteiger partial charge in [-0.05, 0) is 25.3 Å². The summed E-state index contributed by atoms with van der Waals surface area (Å²) in [7, 11) is 0. The Labute approximate surface area is 156 Å². The third-order valence-electron chi connectivity index (χ3n) is 4.97. The van der Waals surface area contributed by atoms with E-state index >= 15 is 0 Å². The minimum Gasteiger partial charge on any atom is -0.350 e. The normalized spacial score (nSPS) is 15.0. The maximum Gasteiger partial charge on any atom is 0.174 e. The molecule has 0 aliphatic rings. The highest BCUT2D eigenvalue weighted by Gasteiger charge is 2.37. The van der Waals surface area contributed by atoms with Crippen molar-refractivity contribution in [2.45, 2.75) is 91.3 Å². The van der Waals surface area contributed by atoms with Crippen LogP contribution in [-0.2, 0) is 15.9 Å². The van der Waals surface area contributed by atoms with Crippen molar-refractivity contribution in [1.82, 2.24) is 0 Å². The third kappa shape index (κ3) is 8.37. The lowest BCUT2D eigenvalue weighted by molar-refractivity contribution is -0.263. The Morgan fingerprint density at radius 3 is 2.16 bits per heavy atom. The first-order chi connectivity index (χ1) is 12.2. The standard InChI is InChI=1S/C23H40O2/c1-5-8-9-10-11-13-16-21(4)23(24-7-3,25-19-6-2)20-22-17-14-12-15-18-22/h12,14-15,17-18,21H,5-11,13,16,19-20H2,1-4H3. The summed E-state index contributed by atoms with van der Waals surface area (Å²) in [5.41, 5.74) is 1.29. The lowest BCUT2D eigenvalue weighted by Gasteiger charge is -2.39. The average molecular weight is 349 g/mol. The molecule has 0 amide bonds. The molecule has 0 aliphatic heterocycles. The highest BCUT2D eigenvalue weighted by molar-refractivity contribution is 5.16. The molecular formula is C23H40O2. The summed E-state index contributed by atoms with van der Waals surface area (Å²) in [5.74, 6) is -0.0967. The molecule has 0 spiro atoms. The minimum absolute atomic E-state index is 0.394. The fraction of sp³-hybridized carbons (Fsp3) is 0.739. The summed E-state index contributed by atoms with van der Waals surface area (Å²) >= 11 is 0. The molecule has 2 heteroatoms. The summed E-state index contributed by atoms with van der Waals surface area (Å²) in [6, 6.07) is 10.6. The molecular weight excluding hydrogens is 308 g/mol. The van der Waals surface area contributed by atoms with Gasteiger partial charge in [-0.2, -0.15) is 0 Å². The Morgan fingerprint density at radius 1 is 0.840 bits per heavy atom. The summed E-state index contributed by atoms with van der Waals surface area (Å²) in [4.78, 5) is 0. The molecule has 1 aromatic rings. The minimum atomic E-state index is -0.491. The lowest BCUT2D eigenvalue weighted by atomic mass is 9.88. The average Bonchev–Trinajstić information content (AvgIpc) is 2.63.